The van der Waals surface area contributed by atoms with E-state index in [0.29, 0.717) is 12.8 Å². The van der Waals surface area contributed by atoms with Gasteiger partial charge in [0, 0.05) is 6.42 Å². The van der Waals surface area contributed by atoms with Crippen LogP contribution in [-0.4, -0.2) is 33.5 Å². The van der Waals surface area contributed by atoms with Crippen molar-refractivity contribution in [3.05, 3.63) is 0 Å². The van der Waals surface area contributed by atoms with Crippen LogP contribution >= 0.6 is 0 Å². The molecule has 22 heavy (non-hydrogen) atoms. The number of aliphatic hydroxyl groups excluding tert-OH is 2. The van der Waals surface area contributed by atoms with Gasteiger partial charge in [-0.1, -0.05) is 71.1 Å². The molecule has 4 heteroatoms. The first kappa shape index (κ1) is 21.4. The molecule has 3 N–H and O–H groups in total. The van der Waals surface area contributed by atoms with Crippen molar-refractivity contribution in [3.63, 3.8) is 0 Å². The summed E-state index contributed by atoms with van der Waals surface area (Å²) in [5, 5.41) is 28.3. The van der Waals surface area contributed by atoms with E-state index in [1.54, 1.807) is 0 Å². The van der Waals surface area contributed by atoms with Gasteiger partial charge in [0.05, 0.1) is 12.2 Å². The standard InChI is InChI=1S/C18H36O4/c1-2-3-4-5-7-10-13-16(19)17(20)14-11-8-6-9-12-15-18(21)22/h16-17,19-20H,2-15H2,1H3,(H,21,22)/t16-,17-/m0/s1. The zero-order valence-electron chi connectivity index (χ0n) is 14.3. The first-order valence-electron chi connectivity index (χ1n) is 9.15. The lowest BCUT2D eigenvalue weighted by atomic mass is 9.99. The topological polar surface area (TPSA) is 77.8 Å². The Balaban J connectivity index is 3.38. The van der Waals surface area contributed by atoms with Gasteiger partial charge in [-0.2, -0.15) is 0 Å². The van der Waals surface area contributed by atoms with Crippen LogP contribution in [0.25, 0.3) is 0 Å². The molecule has 4 nitrogen and oxygen atoms in total. The molecule has 0 unspecified atom stereocenters. The van der Waals surface area contributed by atoms with Crippen LogP contribution in [0.2, 0.25) is 0 Å². The molecule has 0 radical (unpaired) electrons. The molecule has 0 rings (SSSR count). The van der Waals surface area contributed by atoms with Crippen molar-refractivity contribution in [1.29, 1.82) is 0 Å². The molecule has 0 spiro atoms. The number of aliphatic hydroxyl groups is 2. The molecule has 0 saturated carbocycles. The van der Waals surface area contributed by atoms with Crippen LogP contribution in [0.4, 0.5) is 0 Å². The molecule has 0 aliphatic carbocycles. The summed E-state index contributed by atoms with van der Waals surface area (Å²) in [7, 11) is 0. The maximum atomic E-state index is 10.4. The molecule has 0 aliphatic heterocycles. The molecule has 0 saturated heterocycles. The van der Waals surface area contributed by atoms with Gasteiger partial charge in [-0.15, -0.1) is 0 Å². The van der Waals surface area contributed by atoms with Crippen LogP contribution in [0.5, 0.6) is 0 Å². The summed E-state index contributed by atoms with van der Waals surface area (Å²) in [6.07, 6.45) is 12.2. The Morgan fingerprint density at radius 1 is 0.727 bits per heavy atom. The smallest absolute Gasteiger partial charge is 0.303 e. The van der Waals surface area contributed by atoms with Crippen molar-refractivity contribution in [2.45, 2.75) is 109 Å². The van der Waals surface area contributed by atoms with Gasteiger partial charge in [0.15, 0.2) is 0 Å². The minimum absolute atomic E-state index is 0.250. The second-order valence-corrected chi connectivity index (χ2v) is 6.39. The second-order valence-electron chi connectivity index (χ2n) is 6.39. The van der Waals surface area contributed by atoms with Crippen molar-refractivity contribution in [2.24, 2.45) is 0 Å². The van der Waals surface area contributed by atoms with E-state index in [2.05, 4.69) is 6.92 Å². The van der Waals surface area contributed by atoms with Crippen molar-refractivity contribution >= 4 is 5.97 Å². The highest BCUT2D eigenvalue weighted by Gasteiger charge is 2.15. The largest absolute Gasteiger partial charge is 0.481 e. The quantitative estimate of drug-likeness (QED) is 0.371. The summed E-state index contributed by atoms with van der Waals surface area (Å²) >= 11 is 0. The Morgan fingerprint density at radius 2 is 1.14 bits per heavy atom. The molecule has 0 bridgehead atoms. The van der Waals surface area contributed by atoms with Crippen molar-refractivity contribution in [3.8, 4) is 0 Å². The summed E-state index contributed by atoms with van der Waals surface area (Å²) in [5.74, 6) is -0.728. The molecule has 0 aromatic rings. The van der Waals surface area contributed by atoms with Gasteiger partial charge in [-0.05, 0) is 19.3 Å². The van der Waals surface area contributed by atoms with Crippen LogP contribution in [0.15, 0.2) is 0 Å². The SMILES string of the molecule is CCCCCCCC[C@H](O)[C@@H](O)CCCCCCCC(=O)O. The van der Waals surface area contributed by atoms with Crippen LogP contribution in [0.1, 0.15) is 96.8 Å². The van der Waals surface area contributed by atoms with E-state index in [4.69, 9.17) is 5.11 Å². The summed E-state index contributed by atoms with van der Waals surface area (Å²) in [4.78, 5) is 10.4. The highest BCUT2D eigenvalue weighted by atomic mass is 16.4. The Bertz CT molecular complexity index is 255. The van der Waals surface area contributed by atoms with E-state index in [1.807, 2.05) is 0 Å². The van der Waals surface area contributed by atoms with Gasteiger partial charge in [-0.25, -0.2) is 0 Å². The van der Waals surface area contributed by atoms with Gasteiger partial charge >= 0.3 is 5.97 Å². The fraction of sp³-hybridized carbons (Fsp3) is 0.944. The molecular formula is C18H36O4. The number of carboxylic acid groups (broad SMARTS) is 1. The van der Waals surface area contributed by atoms with Crippen LogP contribution in [0, 0.1) is 0 Å². The number of rotatable bonds is 16. The Morgan fingerprint density at radius 3 is 1.59 bits per heavy atom. The Hall–Kier alpha value is -0.610. The predicted octanol–water partition coefficient (Wildman–Crippen LogP) is 4.27. The monoisotopic (exact) mass is 316 g/mol. The number of aliphatic carboxylic acids is 1. The van der Waals surface area contributed by atoms with E-state index in [1.165, 1.54) is 25.7 Å². The zero-order valence-corrected chi connectivity index (χ0v) is 14.3. The third-order valence-electron chi connectivity index (χ3n) is 4.19. The number of carbonyl (C=O) groups is 1. The van der Waals surface area contributed by atoms with Crippen molar-refractivity contribution in [2.75, 3.05) is 0 Å². The maximum absolute atomic E-state index is 10.4. The van der Waals surface area contributed by atoms with Gasteiger partial charge < -0.3 is 15.3 Å². The second kappa shape index (κ2) is 15.3. The molecule has 0 aliphatic rings. The van der Waals surface area contributed by atoms with E-state index < -0.39 is 18.2 Å². The Labute approximate surface area is 135 Å². The lowest BCUT2D eigenvalue weighted by molar-refractivity contribution is -0.137. The average Bonchev–Trinajstić information content (AvgIpc) is 2.49. The molecule has 132 valence electrons. The van der Waals surface area contributed by atoms with Crippen molar-refractivity contribution in [1.82, 2.24) is 0 Å². The third-order valence-corrected chi connectivity index (χ3v) is 4.19. The molecular weight excluding hydrogens is 280 g/mol. The lowest BCUT2D eigenvalue weighted by Gasteiger charge is -2.17. The lowest BCUT2D eigenvalue weighted by Crippen LogP contribution is -2.25. The minimum Gasteiger partial charge on any atom is -0.481 e. The van der Waals surface area contributed by atoms with Crippen molar-refractivity contribution < 1.29 is 20.1 Å². The van der Waals surface area contributed by atoms with E-state index >= 15 is 0 Å². The highest BCUT2D eigenvalue weighted by molar-refractivity contribution is 5.66. The summed E-state index contributed by atoms with van der Waals surface area (Å²) < 4.78 is 0. The first-order valence-corrected chi connectivity index (χ1v) is 9.15. The van der Waals surface area contributed by atoms with Crippen LogP contribution in [0.3, 0.4) is 0 Å². The van der Waals surface area contributed by atoms with Crippen LogP contribution < -0.4 is 0 Å². The van der Waals surface area contributed by atoms with Crippen LogP contribution in [-0.2, 0) is 4.79 Å². The predicted molar refractivity (Wildman–Crippen MR) is 90.0 cm³/mol. The normalized spacial score (nSPS) is 14.0. The zero-order chi connectivity index (χ0) is 16.6. The number of carboxylic acids is 1. The fourth-order valence-electron chi connectivity index (χ4n) is 2.68. The molecule has 0 fully saturated rings. The first-order chi connectivity index (χ1) is 10.6. The van der Waals surface area contributed by atoms with Gasteiger partial charge in [0.25, 0.3) is 0 Å². The highest BCUT2D eigenvalue weighted by Crippen LogP contribution is 2.15. The fourth-order valence-corrected chi connectivity index (χ4v) is 2.68. The summed E-state index contributed by atoms with van der Waals surface area (Å²) in [6, 6.07) is 0. The van der Waals surface area contributed by atoms with Gasteiger partial charge in [-0.3, -0.25) is 4.79 Å². The molecule has 0 aromatic carbocycles. The molecule has 0 heterocycles. The number of unbranched alkanes of at least 4 members (excludes halogenated alkanes) is 9. The maximum Gasteiger partial charge on any atom is 0.303 e. The molecule has 2 atom stereocenters. The molecule has 0 amide bonds. The van der Waals surface area contributed by atoms with Gasteiger partial charge in [0.2, 0.25) is 0 Å². The number of hydrogen-bond acceptors (Lipinski definition) is 3. The third kappa shape index (κ3) is 14.3. The van der Waals surface area contributed by atoms with Gasteiger partial charge in [0.1, 0.15) is 0 Å². The van der Waals surface area contributed by atoms with E-state index in [-0.39, 0.29) is 6.42 Å². The summed E-state index contributed by atoms with van der Waals surface area (Å²) in [5.41, 5.74) is 0. The Kier molecular flexibility index (Phi) is 14.9. The van der Waals surface area contributed by atoms with E-state index in [0.717, 1.165) is 44.9 Å². The summed E-state index contributed by atoms with van der Waals surface area (Å²) in [6.45, 7) is 2.20. The van der Waals surface area contributed by atoms with E-state index in [9.17, 15) is 15.0 Å². The average molecular weight is 316 g/mol. The molecule has 0 aromatic heterocycles. The minimum atomic E-state index is -0.728. The number of hydrogen-bond donors (Lipinski definition) is 3.